The van der Waals surface area contributed by atoms with E-state index in [0.717, 1.165) is 29.7 Å². The van der Waals surface area contributed by atoms with Crippen LogP contribution in [-0.4, -0.2) is 38.7 Å². The summed E-state index contributed by atoms with van der Waals surface area (Å²) in [7, 11) is 2.71. The Morgan fingerprint density at radius 3 is 2.68 bits per heavy atom. The first-order valence-electron chi connectivity index (χ1n) is 8.48. The molecule has 0 saturated carbocycles. The number of thiophene rings is 1. The van der Waals surface area contributed by atoms with Crippen LogP contribution in [0.2, 0.25) is 5.02 Å². The minimum atomic E-state index is -0.739. The van der Waals surface area contributed by atoms with Crippen LogP contribution in [-0.2, 0) is 27.1 Å². The highest BCUT2D eigenvalue weighted by molar-refractivity contribution is 7.17. The molecule has 2 aromatic rings. The van der Waals surface area contributed by atoms with Gasteiger partial charge in [-0.25, -0.2) is 9.59 Å². The Kier molecular flexibility index (Phi) is 6.21. The van der Waals surface area contributed by atoms with Crippen LogP contribution in [0.4, 0.5) is 5.00 Å². The summed E-state index contributed by atoms with van der Waals surface area (Å²) in [5.74, 6) is -1.50. The first-order chi connectivity index (χ1) is 13.4. The molecule has 0 saturated heterocycles. The van der Waals surface area contributed by atoms with Crippen molar-refractivity contribution in [3.8, 4) is 5.75 Å². The van der Waals surface area contributed by atoms with Crippen LogP contribution in [0.25, 0.3) is 0 Å². The van der Waals surface area contributed by atoms with E-state index in [2.05, 4.69) is 5.32 Å². The highest BCUT2D eigenvalue weighted by Gasteiger charge is 2.28. The third kappa shape index (κ3) is 4.13. The Hall–Kier alpha value is -2.58. The number of amides is 1. The average Bonchev–Trinajstić information content (AvgIpc) is 3.26. The maximum absolute atomic E-state index is 12.3. The largest absolute Gasteiger partial charge is 0.496 e. The maximum Gasteiger partial charge on any atom is 0.342 e. The minimum Gasteiger partial charge on any atom is -0.496 e. The van der Waals surface area contributed by atoms with Crippen molar-refractivity contribution in [3.63, 3.8) is 0 Å². The SMILES string of the molecule is COC(=O)c1c(NC(=O)COC(=O)c2cc(Cl)ccc2OC)sc2c1CCC2. The Balaban J connectivity index is 1.68. The van der Waals surface area contributed by atoms with E-state index < -0.39 is 24.5 Å². The van der Waals surface area contributed by atoms with E-state index in [1.54, 1.807) is 6.07 Å². The summed E-state index contributed by atoms with van der Waals surface area (Å²) < 4.78 is 15.0. The molecule has 1 amide bonds. The Morgan fingerprint density at radius 1 is 1.18 bits per heavy atom. The van der Waals surface area contributed by atoms with Gasteiger partial charge in [0.2, 0.25) is 0 Å². The number of ether oxygens (including phenoxy) is 3. The lowest BCUT2D eigenvalue weighted by Gasteiger charge is -2.10. The first-order valence-corrected chi connectivity index (χ1v) is 9.67. The van der Waals surface area contributed by atoms with Crippen molar-refractivity contribution in [3.05, 3.63) is 44.8 Å². The number of methoxy groups -OCH3 is 2. The van der Waals surface area contributed by atoms with E-state index in [9.17, 15) is 14.4 Å². The summed E-state index contributed by atoms with van der Waals surface area (Å²) in [6.07, 6.45) is 2.61. The monoisotopic (exact) mass is 423 g/mol. The van der Waals surface area contributed by atoms with Gasteiger partial charge < -0.3 is 19.5 Å². The standard InChI is InChI=1S/C19H18ClNO6S/c1-25-13-7-6-10(20)8-12(13)18(23)27-9-15(22)21-17-16(19(24)26-2)11-4-3-5-14(11)28-17/h6-8H,3-5,9H2,1-2H3,(H,21,22). The molecular formula is C19H18ClNO6S. The lowest BCUT2D eigenvalue weighted by atomic mass is 10.1. The van der Waals surface area contributed by atoms with E-state index in [1.807, 2.05) is 0 Å². The Labute approximate surface area is 170 Å². The van der Waals surface area contributed by atoms with Gasteiger partial charge in [0.15, 0.2) is 6.61 Å². The van der Waals surface area contributed by atoms with Crippen LogP contribution in [0.3, 0.4) is 0 Å². The predicted octanol–water partition coefficient (Wildman–Crippen LogP) is 3.48. The van der Waals surface area contributed by atoms with Crippen molar-refractivity contribution in [2.75, 3.05) is 26.1 Å². The molecule has 1 aromatic heterocycles. The summed E-state index contributed by atoms with van der Waals surface area (Å²) in [6, 6.07) is 4.52. The molecule has 3 rings (SSSR count). The van der Waals surface area contributed by atoms with Gasteiger partial charge in [-0.05, 0) is 43.0 Å². The summed E-state index contributed by atoms with van der Waals surface area (Å²) in [6.45, 7) is -0.516. The molecule has 0 radical (unpaired) electrons. The summed E-state index contributed by atoms with van der Waals surface area (Å²) >= 11 is 7.25. The van der Waals surface area contributed by atoms with Gasteiger partial charge in [0.1, 0.15) is 16.3 Å². The van der Waals surface area contributed by atoms with Gasteiger partial charge in [0, 0.05) is 9.90 Å². The molecule has 7 nitrogen and oxygen atoms in total. The molecule has 1 N–H and O–H groups in total. The van der Waals surface area contributed by atoms with Crippen LogP contribution < -0.4 is 10.1 Å². The number of aryl methyl sites for hydroxylation is 1. The molecule has 1 aliphatic carbocycles. The fourth-order valence-corrected chi connectivity index (χ4v) is 4.49. The van der Waals surface area contributed by atoms with E-state index in [-0.39, 0.29) is 11.3 Å². The lowest BCUT2D eigenvalue weighted by molar-refractivity contribution is -0.119. The third-order valence-electron chi connectivity index (χ3n) is 4.28. The predicted molar refractivity (Wildman–Crippen MR) is 105 cm³/mol. The summed E-state index contributed by atoms with van der Waals surface area (Å²) in [4.78, 5) is 37.7. The normalized spacial score (nSPS) is 12.2. The molecule has 0 atom stereocenters. The van der Waals surface area contributed by atoms with E-state index in [4.69, 9.17) is 25.8 Å². The van der Waals surface area contributed by atoms with Gasteiger partial charge >= 0.3 is 11.9 Å². The quantitative estimate of drug-likeness (QED) is 0.715. The van der Waals surface area contributed by atoms with Gasteiger partial charge in [-0.2, -0.15) is 0 Å². The second-order valence-corrected chi connectivity index (χ2v) is 7.56. The number of carbonyl (C=O) groups is 3. The highest BCUT2D eigenvalue weighted by Crippen LogP contribution is 2.39. The number of rotatable bonds is 6. The summed E-state index contributed by atoms with van der Waals surface area (Å²) in [5, 5.41) is 3.40. The fourth-order valence-electron chi connectivity index (χ4n) is 3.02. The van der Waals surface area contributed by atoms with Gasteiger partial charge in [-0.1, -0.05) is 11.6 Å². The maximum atomic E-state index is 12.3. The smallest absolute Gasteiger partial charge is 0.342 e. The number of hydrogen-bond donors (Lipinski definition) is 1. The molecule has 28 heavy (non-hydrogen) atoms. The molecule has 0 bridgehead atoms. The van der Waals surface area contributed by atoms with Crippen molar-refractivity contribution in [1.82, 2.24) is 0 Å². The fraction of sp³-hybridized carbons (Fsp3) is 0.316. The number of fused-ring (bicyclic) bond motifs is 1. The van der Waals surface area contributed by atoms with Crippen LogP contribution in [0.5, 0.6) is 5.75 Å². The molecule has 1 aromatic carbocycles. The van der Waals surface area contributed by atoms with Gasteiger partial charge in [0.25, 0.3) is 5.91 Å². The zero-order valence-corrected chi connectivity index (χ0v) is 16.9. The molecule has 1 heterocycles. The van der Waals surface area contributed by atoms with Gasteiger partial charge in [-0.3, -0.25) is 4.79 Å². The average molecular weight is 424 g/mol. The van der Waals surface area contributed by atoms with Crippen LogP contribution in [0.15, 0.2) is 18.2 Å². The van der Waals surface area contributed by atoms with Crippen LogP contribution in [0, 0.1) is 0 Å². The van der Waals surface area contributed by atoms with Crippen LogP contribution >= 0.6 is 22.9 Å². The topological polar surface area (TPSA) is 90.9 Å². The molecule has 0 fully saturated rings. The first kappa shape index (κ1) is 20.2. The van der Waals surface area contributed by atoms with E-state index >= 15 is 0 Å². The molecule has 0 unspecified atom stereocenters. The molecule has 148 valence electrons. The van der Waals surface area contributed by atoms with Gasteiger partial charge in [-0.15, -0.1) is 11.3 Å². The second kappa shape index (κ2) is 8.62. The number of nitrogens with one attached hydrogen (secondary N) is 1. The van der Waals surface area contributed by atoms with Crippen molar-refractivity contribution in [2.24, 2.45) is 0 Å². The minimum absolute atomic E-state index is 0.119. The number of carbonyl (C=O) groups excluding carboxylic acids is 3. The zero-order chi connectivity index (χ0) is 20.3. The molecule has 9 heteroatoms. The van der Waals surface area contributed by atoms with E-state index in [0.29, 0.717) is 15.6 Å². The second-order valence-electron chi connectivity index (χ2n) is 6.02. The Morgan fingerprint density at radius 2 is 1.96 bits per heavy atom. The summed E-state index contributed by atoms with van der Waals surface area (Å²) in [5.41, 5.74) is 1.43. The number of benzene rings is 1. The van der Waals surface area contributed by atoms with Crippen molar-refractivity contribution < 1.29 is 28.6 Å². The number of esters is 2. The van der Waals surface area contributed by atoms with Crippen molar-refractivity contribution in [2.45, 2.75) is 19.3 Å². The van der Waals surface area contributed by atoms with Crippen molar-refractivity contribution >= 4 is 45.8 Å². The van der Waals surface area contributed by atoms with Crippen LogP contribution in [0.1, 0.15) is 37.6 Å². The number of hydrogen-bond acceptors (Lipinski definition) is 7. The molecule has 0 aliphatic heterocycles. The lowest BCUT2D eigenvalue weighted by Crippen LogP contribution is -2.22. The number of anilines is 1. The van der Waals surface area contributed by atoms with E-state index in [1.165, 1.54) is 37.7 Å². The third-order valence-corrected chi connectivity index (χ3v) is 5.72. The zero-order valence-electron chi connectivity index (χ0n) is 15.3. The highest BCUT2D eigenvalue weighted by atomic mass is 35.5. The number of halogens is 1. The molecule has 1 aliphatic rings. The molecule has 0 spiro atoms. The molecular weight excluding hydrogens is 406 g/mol. The van der Waals surface area contributed by atoms with Crippen molar-refractivity contribution in [1.29, 1.82) is 0 Å². The van der Waals surface area contributed by atoms with Gasteiger partial charge in [0.05, 0.1) is 19.8 Å². The Bertz CT molecular complexity index is 939.